The molecule has 0 atom stereocenters. The Balaban J connectivity index is 1.43. The van der Waals surface area contributed by atoms with Crippen LogP contribution in [0.1, 0.15) is 17.1 Å². The Hall–Kier alpha value is -5.50. The summed E-state index contributed by atoms with van der Waals surface area (Å²) in [5.41, 5.74) is 4.10. The fourth-order valence-corrected chi connectivity index (χ4v) is 5.02. The van der Waals surface area contributed by atoms with Gasteiger partial charge in [-0.3, -0.25) is 10.1 Å². The maximum absolute atomic E-state index is 12.9. The molecule has 0 saturated carbocycles. The van der Waals surface area contributed by atoms with Gasteiger partial charge < -0.3 is 5.32 Å². The van der Waals surface area contributed by atoms with E-state index < -0.39 is 14.9 Å². The lowest BCUT2D eigenvalue weighted by molar-refractivity contribution is -0.384. The Labute approximate surface area is 241 Å². The zero-order valence-corrected chi connectivity index (χ0v) is 23.6. The van der Waals surface area contributed by atoms with Gasteiger partial charge >= 0.3 is 0 Å². The molecule has 0 spiro atoms. The van der Waals surface area contributed by atoms with E-state index in [4.69, 9.17) is 0 Å². The number of benzene rings is 3. The van der Waals surface area contributed by atoms with Gasteiger partial charge in [-0.25, -0.2) is 27.8 Å². The first-order valence-corrected chi connectivity index (χ1v) is 14.1. The van der Waals surface area contributed by atoms with Gasteiger partial charge in [0.15, 0.2) is 11.5 Å². The van der Waals surface area contributed by atoms with Gasteiger partial charge in [0.2, 0.25) is 5.95 Å². The quantitative estimate of drug-likeness (QED) is 0.113. The molecule has 0 bridgehead atoms. The molecule has 2 aromatic heterocycles. The molecule has 2 N–H and O–H groups in total. The molecular weight excluding hydrogens is 558 g/mol. The average molecular weight is 584 g/mol. The van der Waals surface area contributed by atoms with Crippen LogP contribution in [0.5, 0.6) is 0 Å². The second-order valence-electron chi connectivity index (χ2n) is 9.23. The van der Waals surface area contributed by atoms with E-state index in [2.05, 4.69) is 35.3 Å². The van der Waals surface area contributed by atoms with Gasteiger partial charge in [-0.2, -0.15) is 5.11 Å². The van der Waals surface area contributed by atoms with Crippen molar-refractivity contribution in [1.82, 2.24) is 19.7 Å². The minimum absolute atomic E-state index is 0.00443. The van der Waals surface area contributed by atoms with Crippen molar-refractivity contribution in [3.63, 3.8) is 0 Å². The molecule has 0 fully saturated rings. The van der Waals surface area contributed by atoms with Crippen LogP contribution in [-0.4, -0.2) is 33.1 Å². The van der Waals surface area contributed by atoms with Crippen LogP contribution in [0.3, 0.4) is 0 Å². The normalized spacial score (nSPS) is 11.5. The summed E-state index contributed by atoms with van der Waals surface area (Å²) < 4.78 is 29.8. The third-order valence-electron chi connectivity index (χ3n) is 6.05. The lowest BCUT2D eigenvalue weighted by Crippen LogP contribution is -2.15. The smallest absolute Gasteiger partial charge is 0.269 e. The SMILES string of the molecule is Cc1cc(C)nc(NS(=O)(=O)c2ccc(N=Nc3c(Nc4ccccc4)nn(-c4ccc([N+](=O)[O-])cc4)c3C)cc2)n1. The molecule has 3 aromatic carbocycles. The third kappa shape index (κ3) is 6.28. The van der Waals surface area contributed by atoms with Crippen molar-refractivity contribution in [2.45, 2.75) is 25.7 Å². The molecule has 5 aromatic rings. The fraction of sp³-hybridized carbons (Fsp3) is 0.107. The Kier molecular flexibility index (Phi) is 7.71. The molecule has 212 valence electrons. The van der Waals surface area contributed by atoms with Crippen molar-refractivity contribution in [3.05, 3.63) is 112 Å². The summed E-state index contributed by atoms with van der Waals surface area (Å²) in [6.45, 7) is 5.31. The number of nitrogens with zero attached hydrogens (tertiary/aromatic N) is 7. The summed E-state index contributed by atoms with van der Waals surface area (Å²) in [6.07, 6.45) is 0. The number of hydrogen-bond donors (Lipinski definition) is 2. The second-order valence-corrected chi connectivity index (χ2v) is 10.9. The first-order chi connectivity index (χ1) is 20.1. The molecule has 0 saturated heterocycles. The Morgan fingerprint density at radius 1 is 0.857 bits per heavy atom. The summed E-state index contributed by atoms with van der Waals surface area (Å²) >= 11 is 0. The minimum atomic E-state index is -3.93. The summed E-state index contributed by atoms with van der Waals surface area (Å²) in [4.78, 5) is 18.9. The van der Waals surface area contributed by atoms with Gasteiger partial charge in [0, 0.05) is 29.2 Å². The number of aromatic nitrogens is 4. The molecule has 0 amide bonds. The molecule has 5 rings (SSSR count). The lowest BCUT2D eigenvalue weighted by Gasteiger charge is -2.08. The van der Waals surface area contributed by atoms with Crippen LogP contribution in [0.2, 0.25) is 0 Å². The number of azo groups is 1. The molecule has 0 aliphatic heterocycles. The maximum Gasteiger partial charge on any atom is 0.269 e. The Morgan fingerprint density at radius 2 is 1.50 bits per heavy atom. The summed E-state index contributed by atoms with van der Waals surface area (Å²) in [5.74, 6) is 0.410. The number of anilines is 3. The van der Waals surface area contributed by atoms with Crippen molar-refractivity contribution in [2.24, 2.45) is 10.2 Å². The molecule has 0 unspecified atom stereocenters. The molecule has 0 aliphatic carbocycles. The highest BCUT2D eigenvalue weighted by Crippen LogP contribution is 2.34. The summed E-state index contributed by atoms with van der Waals surface area (Å²) in [6, 6.07) is 23.0. The van der Waals surface area contributed by atoms with Gasteiger partial charge in [-0.15, -0.1) is 10.2 Å². The summed E-state index contributed by atoms with van der Waals surface area (Å²) in [7, 11) is -3.93. The Morgan fingerprint density at radius 3 is 2.12 bits per heavy atom. The van der Waals surface area contributed by atoms with Crippen LogP contribution >= 0.6 is 0 Å². The predicted octanol–water partition coefficient (Wildman–Crippen LogP) is 6.46. The predicted molar refractivity (Wildman–Crippen MR) is 158 cm³/mol. The zero-order chi connectivity index (χ0) is 29.9. The highest BCUT2D eigenvalue weighted by atomic mass is 32.2. The summed E-state index contributed by atoms with van der Waals surface area (Å²) in [5, 5.41) is 27.7. The standard InChI is InChI=1S/C28H25N9O4S/c1-18-17-19(2)30-28(29-18)35-42(40,41)25-15-9-22(10-16-25)32-33-26-20(3)36(23-11-13-24(14-12-23)37(38)39)34-27(26)31-21-7-5-4-6-8-21/h4-17H,1-3H3,(H,31,34)(H,29,30,35). The van der Waals surface area contributed by atoms with Gasteiger partial charge in [0.05, 0.1) is 26.9 Å². The Bertz CT molecular complexity index is 1870. The number of nitro groups is 1. The zero-order valence-electron chi connectivity index (χ0n) is 22.8. The first kappa shape index (κ1) is 28.0. The van der Waals surface area contributed by atoms with Crippen LogP contribution in [0.4, 0.5) is 34.5 Å². The molecule has 2 heterocycles. The van der Waals surface area contributed by atoms with Crippen molar-refractivity contribution >= 4 is 44.5 Å². The lowest BCUT2D eigenvalue weighted by atomic mass is 10.2. The largest absolute Gasteiger partial charge is 0.337 e. The number of nitro benzene ring substituents is 1. The number of non-ortho nitro benzene ring substituents is 1. The average Bonchev–Trinajstić information content (AvgIpc) is 3.26. The van der Waals surface area contributed by atoms with Crippen molar-refractivity contribution in [3.8, 4) is 5.69 Å². The van der Waals surface area contributed by atoms with Crippen molar-refractivity contribution < 1.29 is 13.3 Å². The second kappa shape index (κ2) is 11.5. The number of aryl methyl sites for hydroxylation is 2. The molecule has 0 radical (unpaired) electrons. The third-order valence-corrected chi connectivity index (χ3v) is 7.39. The number of para-hydroxylation sites is 1. The highest BCUT2D eigenvalue weighted by molar-refractivity contribution is 7.92. The monoisotopic (exact) mass is 583 g/mol. The number of nitrogens with one attached hydrogen (secondary N) is 2. The van der Waals surface area contributed by atoms with Crippen molar-refractivity contribution in [1.29, 1.82) is 0 Å². The van der Waals surface area contributed by atoms with Crippen LogP contribution in [-0.2, 0) is 10.0 Å². The van der Waals surface area contributed by atoms with E-state index in [9.17, 15) is 18.5 Å². The van der Waals surface area contributed by atoms with E-state index in [1.807, 2.05) is 30.3 Å². The van der Waals surface area contributed by atoms with Gasteiger partial charge in [0.1, 0.15) is 0 Å². The van der Waals surface area contributed by atoms with Crippen molar-refractivity contribution in [2.75, 3.05) is 10.0 Å². The molecular formula is C28H25N9O4S. The van der Waals surface area contributed by atoms with E-state index in [1.165, 1.54) is 36.4 Å². The topological polar surface area (TPSA) is 170 Å². The fourth-order valence-electron chi connectivity index (χ4n) is 4.07. The van der Waals surface area contributed by atoms with Gasteiger partial charge in [-0.1, -0.05) is 18.2 Å². The molecule has 14 heteroatoms. The van der Waals surface area contributed by atoms with Gasteiger partial charge in [0.25, 0.3) is 15.7 Å². The number of hydrogen-bond acceptors (Lipinski definition) is 10. The highest BCUT2D eigenvalue weighted by Gasteiger charge is 2.18. The van der Waals surface area contributed by atoms with Crippen LogP contribution in [0.25, 0.3) is 5.69 Å². The molecule has 42 heavy (non-hydrogen) atoms. The van der Waals surface area contributed by atoms with E-state index in [-0.39, 0.29) is 16.5 Å². The molecule has 0 aliphatic rings. The van der Waals surface area contributed by atoms with Crippen LogP contribution in [0.15, 0.2) is 100 Å². The van der Waals surface area contributed by atoms with E-state index in [0.29, 0.717) is 40.0 Å². The number of rotatable bonds is 9. The molecule has 13 nitrogen and oxygen atoms in total. The number of sulfonamides is 1. The van der Waals surface area contributed by atoms with Crippen LogP contribution in [0, 0.1) is 30.9 Å². The first-order valence-electron chi connectivity index (χ1n) is 12.6. The van der Waals surface area contributed by atoms with Crippen LogP contribution < -0.4 is 10.0 Å². The van der Waals surface area contributed by atoms with E-state index >= 15 is 0 Å². The van der Waals surface area contributed by atoms with Gasteiger partial charge in [-0.05, 0) is 75.4 Å². The minimum Gasteiger partial charge on any atom is -0.337 e. The van der Waals surface area contributed by atoms with E-state index in [1.54, 1.807) is 43.7 Å². The van der Waals surface area contributed by atoms with E-state index in [0.717, 1.165) is 5.69 Å². The maximum atomic E-state index is 12.9.